The predicted molar refractivity (Wildman–Crippen MR) is 162 cm³/mol. The molecule has 4 aromatic rings. The van der Waals surface area contributed by atoms with Crippen LogP contribution in [0.15, 0.2) is 51.9 Å². The van der Waals surface area contributed by atoms with Gasteiger partial charge in [0, 0.05) is 44.6 Å². The molecule has 0 radical (unpaired) electrons. The van der Waals surface area contributed by atoms with E-state index in [4.69, 9.17) is 14.5 Å². The lowest BCUT2D eigenvalue weighted by Gasteiger charge is -2.35. The van der Waals surface area contributed by atoms with Crippen molar-refractivity contribution in [1.29, 1.82) is 0 Å². The minimum atomic E-state index is -0.825. The van der Waals surface area contributed by atoms with Gasteiger partial charge in [0.25, 0.3) is 5.56 Å². The number of hydrogen-bond donors (Lipinski definition) is 4. The molecule has 0 unspecified atom stereocenters. The number of imidazole rings is 1. The second-order valence-corrected chi connectivity index (χ2v) is 10.7. The Morgan fingerprint density at radius 1 is 1.20 bits per heavy atom. The quantitative estimate of drug-likeness (QED) is 0.226. The molecular formula is C29H33BrN6O5. The predicted octanol–water partition coefficient (Wildman–Crippen LogP) is 4.42. The van der Waals surface area contributed by atoms with Gasteiger partial charge in [0.1, 0.15) is 17.1 Å². The van der Waals surface area contributed by atoms with E-state index in [9.17, 15) is 14.7 Å². The van der Waals surface area contributed by atoms with E-state index in [1.807, 2.05) is 13.0 Å². The van der Waals surface area contributed by atoms with E-state index in [0.29, 0.717) is 61.2 Å². The molecule has 0 aliphatic carbocycles. The largest absolute Gasteiger partial charge is 0.496 e. The fourth-order valence-corrected chi connectivity index (χ4v) is 5.57. The molecular weight excluding hydrogens is 592 g/mol. The average molecular weight is 626 g/mol. The zero-order valence-corrected chi connectivity index (χ0v) is 24.7. The molecule has 1 saturated heterocycles. The van der Waals surface area contributed by atoms with Gasteiger partial charge in [0.2, 0.25) is 0 Å². The maximum atomic E-state index is 13.0. The highest BCUT2D eigenvalue weighted by molar-refractivity contribution is 9.10. The van der Waals surface area contributed by atoms with E-state index in [-0.39, 0.29) is 18.2 Å². The number of aryl methyl sites for hydroxylation is 1. The molecule has 41 heavy (non-hydrogen) atoms. The summed E-state index contributed by atoms with van der Waals surface area (Å²) < 4.78 is 11.1. The number of piperazine rings is 1. The van der Waals surface area contributed by atoms with Crippen LogP contribution in [-0.4, -0.2) is 77.5 Å². The smallest absolute Gasteiger partial charge is 0.409 e. The van der Waals surface area contributed by atoms with Gasteiger partial charge in [-0.2, -0.15) is 0 Å². The van der Waals surface area contributed by atoms with Crippen molar-refractivity contribution >= 4 is 44.4 Å². The molecule has 5 rings (SSSR count). The lowest BCUT2D eigenvalue weighted by atomic mass is 10.1. The number of H-pyrrole nitrogens is 2. The van der Waals surface area contributed by atoms with Crippen LogP contribution in [0.3, 0.4) is 0 Å². The number of aliphatic hydroxyl groups is 1. The van der Waals surface area contributed by atoms with Crippen LogP contribution in [0.1, 0.15) is 24.2 Å². The van der Waals surface area contributed by atoms with E-state index < -0.39 is 6.10 Å². The van der Waals surface area contributed by atoms with Crippen LogP contribution in [0, 0.1) is 6.92 Å². The third-order valence-electron chi connectivity index (χ3n) is 7.18. The maximum absolute atomic E-state index is 13.0. The van der Waals surface area contributed by atoms with Crippen LogP contribution < -0.4 is 20.5 Å². The van der Waals surface area contributed by atoms with Crippen LogP contribution in [0.2, 0.25) is 0 Å². The number of pyridine rings is 1. The molecule has 4 N–H and O–H groups in total. The Kier molecular flexibility index (Phi) is 8.50. The molecule has 12 heteroatoms. The number of aromatic nitrogens is 3. The van der Waals surface area contributed by atoms with Crippen molar-refractivity contribution in [3.63, 3.8) is 0 Å². The number of carbonyl (C=O) groups excluding carboxylic acids is 1. The molecule has 0 bridgehead atoms. The summed E-state index contributed by atoms with van der Waals surface area (Å²) in [6.45, 7) is 6.86. The number of hydrogen-bond acceptors (Lipinski definition) is 8. The molecule has 1 aliphatic heterocycles. The average Bonchev–Trinajstić information content (AvgIpc) is 3.40. The monoisotopic (exact) mass is 624 g/mol. The summed E-state index contributed by atoms with van der Waals surface area (Å²) in [5.41, 5.74) is 4.86. The van der Waals surface area contributed by atoms with Crippen molar-refractivity contribution in [2.24, 2.45) is 0 Å². The van der Waals surface area contributed by atoms with Crippen molar-refractivity contribution in [3.05, 3.63) is 68.5 Å². The summed E-state index contributed by atoms with van der Waals surface area (Å²) in [6.07, 6.45) is 0.458. The second-order valence-electron chi connectivity index (χ2n) is 9.80. The van der Waals surface area contributed by atoms with Gasteiger partial charge in [-0.15, -0.1) is 0 Å². The van der Waals surface area contributed by atoms with Crippen molar-refractivity contribution in [2.75, 3.05) is 56.7 Å². The maximum Gasteiger partial charge on any atom is 0.409 e. The summed E-state index contributed by atoms with van der Waals surface area (Å²) in [5, 5.41) is 14.0. The Morgan fingerprint density at radius 2 is 1.98 bits per heavy atom. The number of halogens is 1. The van der Waals surface area contributed by atoms with Gasteiger partial charge in [-0.05, 0) is 71.2 Å². The van der Waals surface area contributed by atoms with Crippen LogP contribution in [0.25, 0.3) is 22.4 Å². The lowest BCUT2D eigenvalue weighted by molar-refractivity contribution is 0.105. The highest BCUT2D eigenvalue weighted by atomic mass is 79.9. The van der Waals surface area contributed by atoms with Crippen molar-refractivity contribution < 1.29 is 19.4 Å². The van der Waals surface area contributed by atoms with Gasteiger partial charge in [-0.25, -0.2) is 9.78 Å². The van der Waals surface area contributed by atoms with Crippen molar-refractivity contribution in [3.8, 4) is 17.1 Å². The molecule has 1 amide bonds. The van der Waals surface area contributed by atoms with Gasteiger partial charge in [0.15, 0.2) is 0 Å². The Labute approximate surface area is 245 Å². The molecule has 0 spiro atoms. The van der Waals surface area contributed by atoms with Gasteiger partial charge in [-0.3, -0.25) is 4.79 Å². The lowest BCUT2D eigenvalue weighted by Crippen LogP contribution is -2.49. The summed E-state index contributed by atoms with van der Waals surface area (Å²) in [4.78, 5) is 39.9. The fraction of sp³-hybridized carbons (Fsp3) is 0.345. The number of nitrogens with one attached hydrogen (secondary N) is 3. The standard InChI is InChI=1S/C29H33BrN6O5/c1-4-41-29(39)36-11-9-35(10-12-36)19-13-17(2)26-22(15-19)33-27(34-26)25-21(7-8-31-28(25)38)32-16-23(37)18-5-6-24(40-3)20(30)14-18/h5-8,13-15,23,37H,4,9-12,16H2,1-3H3,(H,33,34)(H2,31,32,38)/t23-/m1/s1. The summed E-state index contributed by atoms with van der Waals surface area (Å²) >= 11 is 3.45. The number of aliphatic hydroxyl groups excluding tert-OH is 1. The molecule has 11 nitrogen and oxygen atoms in total. The van der Waals surface area contributed by atoms with E-state index in [0.717, 1.165) is 26.8 Å². The molecule has 1 fully saturated rings. The molecule has 1 atom stereocenters. The second kappa shape index (κ2) is 12.2. The van der Waals surface area contributed by atoms with E-state index >= 15 is 0 Å². The van der Waals surface area contributed by atoms with Gasteiger partial charge in [0.05, 0.1) is 41.0 Å². The first-order valence-corrected chi connectivity index (χ1v) is 14.2. The van der Waals surface area contributed by atoms with Gasteiger partial charge >= 0.3 is 6.09 Å². The minimum absolute atomic E-state index is 0.177. The van der Waals surface area contributed by atoms with Crippen LogP contribution in [-0.2, 0) is 4.74 Å². The highest BCUT2D eigenvalue weighted by Gasteiger charge is 2.23. The third-order valence-corrected chi connectivity index (χ3v) is 7.80. The normalized spacial score (nSPS) is 14.3. The Balaban J connectivity index is 1.36. The molecule has 2 aromatic heterocycles. The van der Waals surface area contributed by atoms with Gasteiger partial charge < -0.3 is 39.7 Å². The van der Waals surface area contributed by atoms with Crippen LogP contribution in [0.5, 0.6) is 5.75 Å². The third kappa shape index (κ3) is 6.03. The number of methoxy groups -OCH3 is 1. The number of amides is 1. The first-order valence-electron chi connectivity index (χ1n) is 13.4. The van der Waals surface area contributed by atoms with Crippen molar-refractivity contribution in [2.45, 2.75) is 20.0 Å². The Bertz CT molecular complexity index is 1610. The molecule has 0 saturated carbocycles. The number of rotatable bonds is 8. The first kappa shape index (κ1) is 28.5. The summed E-state index contributed by atoms with van der Waals surface area (Å²) in [5.74, 6) is 1.10. The fourth-order valence-electron chi connectivity index (χ4n) is 5.01. The zero-order chi connectivity index (χ0) is 29.1. The number of anilines is 2. The van der Waals surface area contributed by atoms with Gasteiger partial charge in [-0.1, -0.05) is 6.07 Å². The van der Waals surface area contributed by atoms with Crippen LogP contribution >= 0.6 is 15.9 Å². The van der Waals surface area contributed by atoms with E-state index in [2.05, 4.69) is 42.2 Å². The number of ether oxygens (including phenoxy) is 2. The molecule has 3 heterocycles. The first-order chi connectivity index (χ1) is 19.8. The van der Waals surface area contributed by atoms with E-state index in [1.165, 1.54) is 0 Å². The number of carbonyl (C=O) groups is 1. The molecule has 1 aliphatic rings. The summed E-state index contributed by atoms with van der Waals surface area (Å²) in [7, 11) is 1.58. The zero-order valence-electron chi connectivity index (χ0n) is 23.2. The van der Waals surface area contributed by atoms with Crippen molar-refractivity contribution in [1.82, 2.24) is 19.9 Å². The Hall–Kier alpha value is -4.03. The topological polar surface area (TPSA) is 136 Å². The molecule has 216 valence electrons. The van der Waals surface area contributed by atoms with E-state index in [1.54, 1.807) is 49.4 Å². The minimum Gasteiger partial charge on any atom is -0.496 e. The number of fused-ring (bicyclic) bond motifs is 1. The number of aromatic amines is 2. The van der Waals surface area contributed by atoms with Crippen LogP contribution in [0.4, 0.5) is 16.2 Å². The number of nitrogens with zero attached hydrogens (tertiary/aromatic N) is 3. The highest BCUT2D eigenvalue weighted by Crippen LogP contribution is 2.31. The molecule has 2 aromatic carbocycles. The summed E-state index contributed by atoms with van der Waals surface area (Å²) in [6, 6.07) is 11.2. The SMILES string of the molecule is CCOC(=O)N1CCN(c2cc(C)c3nc(-c4c(NC[C@@H](O)c5ccc(OC)c(Br)c5)cc[nH]c4=O)[nH]c3c2)CC1. The Morgan fingerprint density at radius 3 is 2.68 bits per heavy atom. The number of benzene rings is 2.